The molecule has 0 saturated carbocycles. The van der Waals surface area contributed by atoms with Gasteiger partial charge in [0.25, 0.3) is 5.91 Å². The Morgan fingerprint density at radius 3 is 2.95 bits per heavy atom. The third-order valence-corrected chi connectivity index (χ3v) is 3.15. The van der Waals surface area contributed by atoms with Crippen molar-refractivity contribution in [2.24, 2.45) is 0 Å². The van der Waals surface area contributed by atoms with Gasteiger partial charge in [0.2, 0.25) is 0 Å². The molecule has 106 valence electrons. The Morgan fingerprint density at radius 2 is 2.25 bits per heavy atom. The lowest BCUT2D eigenvalue weighted by Crippen LogP contribution is -2.40. The number of nitrogens with one attached hydrogen (secondary N) is 2. The van der Waals surface area contributed by atoms with E-state index in [0.717, 1.165) is 23.7 Å². The molecular weight excluding hydrogens is 258 g/mol. The van der Waals surface area contributed by atoms with Crippen LogP contribution in [0.25, 0.3) is 10.9 Å². The first kappa shape index (κ1) is 14.0. The standard InChI is InChI=1S/C14H17N3O3/c1-2-3-4-11(14(19)20)16-13(18)9-5-6-10-8-15-17-12(10)7-9/h5-8,11H,2-4H2,1H3,(H,15,17)(H,16,18)(H,19,20). The second-order valence-electron chi connectivity index (χ2n) is 4.68. The lowest BCUT2D eigenvalue weighted by atomic mass is 10.1. The molecule has 1 unspecified atom stereocenters. The van der Waals surface area contributed by atoms with Gasteiger partial charge in [0, 0.05) is 10.9 Å². The van der Waals surface area contributed by atoms with Crippen molar-refractivity contribution in [1.82, 2.24) is 15.5 Å². The summed E-state index contributed by atoms with van der Waals surface area (Å²) in [7, 11) is 0. The van der Waals surface area contributed by atoms with E-state index in [1.165, 1.54) is 0 Å². The molecule has 0 saturated heterocycles. The summed E-state index contributed by atoms with van der Waals surface area (Å²) in [5.74, 6) is -1.39. The Kier molecular flexibility index (Phi) is 4.34. The average Bonchev–Trinajstić information content (AvgIpc) is 2.90. The van der Waals surface area contributed by atoms with Gasteiger partial charge in [-0.25, -0.2) is 4.79 Å². The predicted molar refractivity (Wildman–Crippen MR) is 74.5 cm³/mol. The molecule has 1 heterocycles. The zero-order valence-electron chi connectivity index (χ0n) is 11.2. The Hall–Kier alpha value is -2.37. The molecule has 1 aromatic carbocycles. The molecule has 20 heavy (non-hydrogen) atoms. The number of carbonyl (C=O) groups is 2. The molecule has 0 radical (unpaired) electrons. The number of hydrogen-bond acceptors (Lipinski definition) is 3. The number of rotatable bonds is 6. The highest BCUT2D eigenvalue weighted by Gasteiger charge is 2.20. The van der Waals surface area contributed by atoms with Gasteiger partial charge in [0.15, 0.2) is 0 Å². The SMILES string of the molecule is CCCCC(NC(=O)c1ccc2cn[nH]c2c1)C(=O)O. The summed E-state index contributed by atoms with van der Waals surface area (Å²) in [6, 6.07) is 4.25. The molecule has 0 aliphatic rings. The summed E-state index contributed by atoms with van der Waals surface area (Å²) in [5.41, 5.74) is 1.17. The highest BCUT2D eigenvalue weighted by atomic mass is 16.4. The second-order valence-corrected chi connectivity index (χ2v) is 4.68. The van der Waals surface area contributed by atoms with Gasteiger partial charge in [0.1, 0.15) is 6.04 Å². The number of aromatic nitrogens is 2. The van der Waals surface area contributed by atoms with Crippen molar-refractivity contribution in [2.75, 3.05) is 0 Å². The molecule has 0 aliphatic carbocycles. The van der Waals surface area contributed by atoms with Crippen LogP contribution < -0.4 is 5.32 Å². The molecule has 0 aliphatic heterocycles. The van der Waals surface area contributed by atoms with Crippen LogP contribution in [0.1, 0.15) is 36.5 Å². The fourth-order valence-electron chi connectivity index (χ4n) is 1.99. The Morgan fingerprint density at radius 1 is 1.45 bits per heavy atom. The lowest BCUT2D eigenvalue weighted by molar-refractivity contribution is -0.139. The van der Waals surface area contributed by atoms with Gasteiger partial charge in [0.05, 0.1) is 11.7 Å². The van der Waals surface area contributed by atoms with Crippen molar-refractivity contribution in [1.29, 1.82) is 0 Å². The van der Waals surface area contributed by atoms with Crippen molar-refractivity contribution in [3.8, 4) is 0 Å². The van der Waals surface area contributed by atoms with Crippen molar-refractivity contribution < 1.29 is 14.7 Å². The average molecular weight is 275 g/mol. The Bertz CT molecular complexity index is 621. The maximum absolute atomic E-state index is 12.1. The first-order valence-corrected chi connectivity index (χ1v) is 6.58. The third kappa shape index (κ3) is 3.14. The van der Waals surface area contributed by atoms with Gasteiger partial charge in [-0.15, -0.1) is 0 Å². The molecule has 3 N–H and O–H groups in total. The largest absolute Gasteiger partial charge is 0.480 e. The maximum Gasteiger partial charge on any atom is 0.326 e. The molecule has 1 aromatic heterocycles. The third-order valence-electron chi connectivity index (χ3n) is 3.15. The fourth-order valence-corrected chi connectivity index (χ4v) is 1.99. The number of amides is 1. The molecule has 0 fully saturated rings. The van der Waals surface area contributed by atoms with E-state index >= 15 is 0 Å². The number of aromatic amines is 1. The van der Waals surface area contributed by atoms with E-state index in [1.54, 1.807) is 24.4 Å². The highest BCUT2D eigenvalue weighted by Crippen LogP contribution is 2.13. The molecule has 6 heteroatoms. The molecule has 6 nitrogen and oxygen atoms in total. The van der Waals surface area contributed by atoms with Crippen LogP contribution in [0.2, 0.25) is 0 Å². The van der Waals surface area contributed by atoms with Gasteiger partial charge in [-0.2, -0.15) is 5.10 Å². The molecule has 1 amide bonds. The second kappa shape index (κ2) is 6.18. The van der Waals surface area contributed by atoms with Crippen molar-refractivity contribution >= 4 is 22.8 Å². The number of unbranched alkanes of at least 4 members (excludes halogenated alkanes) is 1. The molecule has 0 spiro atoms. The fraction of sp³-hybridized carbons (Fsp3) is 0.357. The van der Waals surface area contributed by atoms with Crippen LogP contribution in [0.5, 0.6) is 0 Å². The predicted octanol–water partition coefficient (Wildman–Crippen LogP) is 1.94. The van der Waals surface area contributed by atoms with Gasteiger partial charge < -0.3 is 10.4 Å². The van der Waals surface area contributed by atoms with E-state index in [1.807, 2.05) is 6.92 Å². The van der Waals surface area contributed by atoms with E-state index in [0.29, 0.717) is 12.0 Å². The number of benzene rings is 1. The molecule has 0 bridgehead atoms. The minimum Gasteiger partial charge on any atom is -0.480 e. The van der Waals surface area contributed by atoms with Crippen LogP contribution in [-0.4, -0.2) is 33.2 Å². The van der Waals surface area contributed by atoms with Crippen molar-refractivity contribution in [3.63, 3.8) is 0 Å². The topological polar surface area (TPSA) is 95.1 Å². The van der Waals surface area contributed by atoms with Gasteiger partial charge in [-0.05, 0) is 18.6 Å². The van der Waals surface area contributed by atoms with Gasteiger partial charge in [-0.3, -0.25) is 9.89 Å². The Balaban J connectivity index is 2.10. The Labute approximate surface area is 116 Å². The zero-order valence-corrected chi connectivity index (χ0v) is 11.2. The number of fused-ring (bicyclic) bond motifs is 1. The number of carboxylic acids is 1. The number of nitrogens with zero attached hydrogens (tertiary/aromatic N) is 1. The minimum absolute atomic E-state index is 0.384. The number of H-pyrrole nitrogens is 1. The van der Waals surface area contributed by atoms with E-state index in [9.17, 15) is 9.59 Å². The molecule has 1 atom stereocenters. The summed E-state index contributed by atoms with van der Waals surface area (Å²) < 4.78 is 0. The van der Waals surface area contributed by atoms with Crippen molar-refractivity contribution in [3.05, 3.63) is 30.0 Å². The summed E-state index contributed by atoms with van der Waals surface area (Å²) in [6.07, 6.45) is 3.75. The molecule has 2 rings (SSSR count). The summed E-state index contributed by atoms with van der Waals surface area (Å²) >= 11 is 0. The van der Waals surface area contributed by atoms with Crippen LogP contribution in [0.3, 0.4) is 0 Å². The molecular formula is C14H17N3O3. The minimum atomic E-state index is -1.01. The van der Waals surface area contributed by atoms with Crippen LogP contribution in [-0.2, 0) is 4.79 Å². The first-order chi connectivity index (χ1) is 9.61. The highest BCUT2D eigenvalue weighted by molar-refractivity contribution is 5.99. The maximum atomic E-state index is 12.1. The quantitative estimate of drug-likeness (QED) is 0.750. The van der Waals surface area contributed by atoms with Crippen LogP contribution in [0, 0.1) is 0 Å². The van der Waals surface area contributed by atoms with Crippen LogP contribution in [0.15, 0.2) is 24.4 Å². The summed E-state index contributed by atoms with van der Waals surface area (Å²) in [5, 5.41) is 19.2. The zero-order chi connectivity index (χ0) is 14.5. The van der Waals surface area contributed by atoms with Gasteiger partial charge in [-0.1, -0.05) is 25.8 Å². The normalized spacial score (nSPS) is 12.2. The van der Waals surface area contributed by atoms with E-state index in [-0.39, 0.29) is 5.91 Å². The monoisotopic (exact) mass is 275 g/mol. The van der Waals surface area contributed by atoms with E-state index < -0.39 is 12.0 Å². The summed E-state index contributed by atoms with van der Waals surface area (Å²) in [6.45, 7) is 1.98. The smallest absolute Gasteiger partial charge is 0.326 e. The van der Waals surface area contributed by atoms with E-state index in [4.69, 9.17) is 5.11 Å². The van der Waals surface area contributed by atoms with Gasteiger partial charge >= 0.3 is 5.97 Å². The van der Waals surface area contributed by atoms with Crippen molar-refractivity contribution in [2.45, 2.75) is 32.2 Å². The summed E-state index contributed by atoms with van der Waals surface area (Å²) in [4.78, 5) is 23.2. The number of carbonyl (C=O) groups excluding carboxylic acids is 1. The number of aliphatic carboxylic acids is 1. The van der Waals surface area contributed by atoms with Crippen LogP contribution in [0.4, 0.5) is 0 Å². The first-order valence-electron chi connectivity index (χ1n) is 6.58. The van der Waals surface area contributed by atoms with E-state index in [2.05, 4.69) is 15.5 Å². The molecule has 2 aromatic rings. The number of hydrogen-bond donors (Lipinski definition) is 3. The van der Waals surface area contributed by atoms with Crippen LogP contribution >= 0.6 is 0 Å². The lowest BCUT2D eigenvalue weighted by Gasteiger charge is -2.14. The number of carboxylic acid groups (broad SMARTS) is 1.